The van der Waals surface area contributed by atoms with Gasteiger partial charge < -0.3 is 0 Å². The first-order valence-corrected chi connectivity index (χ1v) is 8.38. The zero-order valence-electron chi connectivity index (χ0n) is 11.6. The van der Waals surface area contributed by atoms with Gasteiger partial charge in [-0.1, -0.05) is 43.7 Å². The van der Waals surface area contributed by atoms with Crippen molar-refractivity contribution in [1.82, 2.24) is 4.98 Å². The number of rotatable bonds is 4. The molecular weight excluding hydrogens is 343 g/mol. The van der Waals surface area contributed by atoms with Crippen molar-refractivity contribution >= 4 is 33.6 Å². The lowest BCUT2D eigenvalue weighted by Gasteiger charge is -2.15. The second-order valence-corrected chi connectivity index (χ2v) is 8.59. The monoisotopic (exact) mass is 355 g/mol. The molecule has 0 aliphatic rings. The van der Waals surface area contributed by atoms with Gasteiger partial charge in [0.1, 0.15) is 4.34 Å². The average Bonchev–Trinajstić information content (AvgIpc) is 2.75. The number of hydrogen-bond donors (Lipinski definition) is 0. The van der Waals surface area contributed by atoms with Crippen LogP contribution in [0.5, 0.6) is 0 Å². The Morgan fingerprint density at radius 3 is 2.48 bits per heavy atom. The Labute approximate surface area is 132 Å². The van der Waals surface area contributed by atoms with Gasteiger partial charge in [-0.05, 0) is 10.7 Å². The molecule has 0 N–H and O–H groups in total. The van der Waals surface area contributed by atoms with Crippen molar-refractivity contribution in [3.63, 3.8) is 0 Å². The quantitative estimate of drug-likeness (QED) is 0.696. The second kappa shape index (κ2) is 7.38. The average molecular weight is 356 g/mol. The molecule has 0 saturated carbocycles. The van der Waals surface area contributed by atoms with Crippen LogP contribution >= 0.6 is 22.9 Å². The third-order valence-electron chi connectivity index (χ3n) is 2.35. The minimum absolute atomic E-state index is 0.0375. The maximum atomic E-state index is 12.9. The topological polar surface area (TPSA) is 49.0 Å². The molecule has 0 fully saturated rings. The van der Waals surface area contributed by atoms with E-state index in [-0.39, 0.29) is 11.2 Å². The maximum absolute atomic E-state index is 12.9. The first kappa shape index (κ1) is 18.1. The van der Waals surface area contributed by atoms with Crippen LogP contribution < -0.4 is 0 Å². The molecule has 21 heavy (non-hydrogen) atoms. The molecule has 1 aromatic heterocycles. The van der Waals surface area contributed by atoms with Crippen molar-refractivity contribution in [3.05, 3.63) is 21.9 Å². The first-order valence-electron chi connectivity index (χ1n) is 5.84. The number of halogens is 4. The van der Waals surface area contributed by atoms with Gasteiger partial charge in [-0.2, -0.15) is 14.0 Å². The first-order chi connectivity index (χ1) is 9.66. The van der Waals surface area contributed by atoms with Crippen LogP contribution in [-0.4, -0.2) is 10.7 Å². The summed E-state index contributed by atoms with van der Waals surface area (Å²) in [6.45, 7) is 5.79. The van der Waals surface area contributed by atoms with E-state index in [2.05, 4.69) is 9.35 Å². The summed E-state index contributed by atoms with van der Waals surface area (Å²) in [4.78, 5) is 4.35. The molecule has 0 saturated heterocycles. The largest absolute Gasteiger partial charge is 0.301 e. The highest BCUT2D eigenvalue weighted by Crippen LogP contribution is 2.35. The number of hydrogen-bond acceptors (Lipinski definition) is 4. The number of nitriles is 1. The molecule has 0 amide bonds. The third-order valence-corrected chi connectivity index (χ3v) is 5.61. The standard InChI is InChI=1S/C12H13ClF3N3S2/c1-12(2,3)8-9(13)20-11(19-8)21(18-6-17)5-4-7(14)10(15)16/h4-5H2,1-3H3. The second-order valence-electron chi connectivity index (χ2n) is 5.03. The van der Waals surface area contributed by atoms with E-state index in [1.165, 1.54) is 0 Å². The van der Waals surface area contributed by atoms with Crippen LogP contribution in [0, 0.1) is 11.5 Å². The molecule has 0 aromatic carbocycles. The Hall–Kier alpha value is -0.910. The van der Waals surface area contributed by atoms with E-state index in [9.17, 15) is 13.2 Å². The van der Waals surface area contributed by atoms with Crippen molar-refractivity contribution in [3.8, 4) is 6.19 Å². The summed E-state index contributed by atoms with van der Waals surface area (Å²) >= 11 is 7.26. The Balaban J connectivity index is 3.07. The maximum Gasteiger partial charge on any atom is 0.301 e. The summed E-state index contributed by atoms with van der Waals surface area (Å²) in [5.74, 6) is -1.52. The van der Waals surface area contributed by atoms with Gasteiger partial charge in [0.15, 0.2) is 10.2 Å². The molecule has 3 nitrogen and oxygen atoms in total. The van der Waals surface area contributed by atoms with Crippen molar-refractivity contribution in [1.29, 1.82) is 5.26 Å². The van der Waals surface area contributed by atoms with Crippen molar-refractivity contribution in [2.75, 3.05) is 5.75 Å². The van der Waals surface area contributed by atoms with E-state index in [1.807, 2.05) is 20.8 Å². The summed E-state index contributed by atoms with van der Waals surface area (Å²) < 4.78 is 41.6. The number of aromatic nitrogens is 1. The molecule has 0 radical (unpaired) electrons. The highest BCUT2D eigenvalue weighted by molar-refractivity contribution is 7.89. The molecule has 116 valence electrons. The predicted molar refractivity (Wildman–Crippen MR) is 79.3 cm³/mol. The van der Waals surface area contributed by atoms with E-state index >= 15 is 0 Å². The van der Waals surface area contributed by atoms with E-state index in [0.29, 0.717) is 14.4 Å². The van der Waals surface area contributed by atoms with Crippen molar-refractivity contribution < 1.29 is 13.2 Å². The van der Waals surface area contributed by atoms with Crippen LogP contribution in [0.4, 0.5) is 13.2 Å². The van der Waals surface area contributed by atoms with Crippen LogP contribution in [-0.2, 0) is 16.1 Å². The molecule has 0 aliphatic carbocycles. The Bertz CT molecular complexity index is 623. The van der Waals surface area contributed by atoms with Crippen LogP contribution in [0.25, 0.3) is 0 Å². The van der Waals surface area contributed by atoms with Gasteiger partial charge in [-0.3, -0.25) is 0 Å². The zero-order chi connectivity index (χ0) is 16.2. The van der Waals surface area contributed by atoms with Gasteiger partial charge in [0.2, 0.25) is 6.19 Å². The van der Waals surface area contributed by atoms with Gasteiger partial charge in [0, 0.05) is 17.6 Å². The van der Waals surface area contributed by atoms with Gasteiger partial charge in [0.05, 0.1) is 5.69 Å². The minimum atomic E-state index is -2.34. The van der Waals surface area contributed by atoms with Gasteiger partial charge in [-0.15, -0.1) is 4.36 Å². The fourth-order valence-corrected chi connectivity index (χ4v) is 4.78. The number of allylic oxidation sites excluding steroid dienone is 1. The Kier molecular flexibility index (Phi) is 6.38. The highest BCUT2D eigenvalue weighted by Gasteiger charge is 2.24. The van der Waals surface area contributed by atoms with E-state index in [1.54, 1.807) is 6.19 Å². The van der Waals surface area contributed by atoms with Gasteiger partial charge in [-0.25, -0.2) is 9.37 Å². The molecule has 9 heteroatoms. The van der Waals surface area contributed by atoms with Crippen LogP contribution in [0.15, 0.2) is 20.6 Å². The van der Waals surface area contributed by atoms with E-state index in [0.717, 1.165) is 11.3 Å². The lowest BCUT2D eigenvalue weighted by Crippen LogP contribution is -2.12. The zero-order valence-corrected chi connectivity index (χ0v) is 14.0. The summed E-state index contributed by atoms with van der Waals surface area (Å²) in [7, 11) is -1.07. The fourth-order valence-electron chi connectivity index (χ4n) is 1.35. The van der Waals surface area contributed by atoms with Crippen LogP contribution in [0.1, 0.15) is 32.9 Å². The highest BCUT2D eigenvalue weighted by atomic mass is 35.5. The van der Waals surface area contributed by atoms with E-state index in [4.69, 9.17) is 16.9 Å². The predicted octanol–water partition coefficient (Wildman–Crippen LogP) is 5.20. The lowest BCUT2D eigenvalue weighted by molar-refractivity contribution is 0.373. The molecule has 0 bridgehead atoms. The lowest BCUT2D eigenvalue weighted by atomic mass is 9.93. The molecule has 0 spiro atoms. The normalized spacial score (nSPS) is 13.0. The van der Waals surface area contributed by atoms with E-state index < -0.39 is 29.0 Å². The van der Waals surface area contributed by atoms with Crippen molar-refractivity contribution in [2.24, 2.45) is 4.36 Å². The summed E-state index contributed by atoms with van der Waals surface area (Å²) in [6, 6.07) is 0. The van der Waals surface area contributed by atoms with Gasteiger partial charge in [0.25, 0.3) is 0 Å². The molecule has 1 atom stereocenters. The summed E-state index contributed by atoms with van der Waals surface area (Å²) in [5, 5.41) is 8.69. The molecule has 1 heterocycles. The summed E-state index contributed by atoms with van der Waals surface area (Å²) in [6.07, 6.45) is -1.21. The number of nitrogens with zero attached hydrogens (tertiary/aromatic N) is 3. The molecular formula is C12H13ClF3N3S2. The SMILES string of the molecule is CC(C)(C)c1nc(/S(CCC(F)=C(F)F)=N\C#N)sc1Cl. The molecule has 1 unspecified atom stereocenters. The molecule has 1 rings (SSSR count). The summed E-state index contributed by atoms with van der Waals surface area (Å²) in [5.41, 5.74) is 0.367. The van der Waals surface area contributed by atoms with Crippen LogP contribution in [0.3, 0.4) is 0 Å². The molecule has 0 aliphatic heterocycles. The van der Waals surface area contributed by atoms with Crippen LogP contribution in [0.2, 0.25) is 4.34 Å². The smallest absolute Gasteiger partial charge is 0.232 e. The van der Waals surface area contributed by atoms with Gasteiger partial charge >= 0.3 is 6.08 Å². The fraction of sp³-hybridized carbons (Fsp3) is 0.500. The Morgan fingerprint density at radius 1 is 1.43 bits per heavy atom. The van der Waals surface area contributed by atoms with Crippen molar-refractivity contribution in [2.45, 2.75) is 36.9 Å². The third kappa shape index (κ3) is 5.09. The molecule has 1 aromatic rings. The minimum Gasteiger partial charge on any atom is -0.232 e. The Morgan fingerprint density at radius 2 is 2.05 bits per heavy atom. The number of thiazole rings is 1.